The summed E-state index contributed by atoms with van der Waals surface area (Å²) in [6, 6.07) is 9.08. The SMILES string of the molecule is C[C@H](OC(=O)c1cc(Cl)cc(Cl)c1)C(=O)Nc1cccc(Cl)c1Cl. The minimum atomic E-state index is -1.06. The lowest BCUT2D eigenvalue weighted by Crippen LogP contribution is -2.30. The second-order valence-corrected chi connectivity index (χ2v) is 6.45. The highest BCUT2D eigenvalue weighted by Gasteiger charge is 2.20. The van der Waals surface area contributed by atoms with Crippen LogP contribution in [0.3, 0.4) is 0 Å². The minimum Gasteiger partial charge on any atom is -0.449 e. The van der Waals surface area contributed by atoms with Gasteiger partial charge in [0.05, 0.1) is 21.3 Å². The highest BCUT2D eigenvalue weighted by Crippen LogP contribution is 2.29. The van der Waals surface area contributed by atoms with Crippen molar-refractivity contribution in [2.45, 2.75) is 13.0 Å². The van der Waals surface area contributed by atoms with Crippen LogP contribution in [0.1, 0.15) is 17.3 Å². The molecule has 0 radical (unpaired) electrons. The van der Waals surface area contributed by atoms with Crippen molar-refractivity contribution in [2.75, 3.05) is 5.32 Å². The number of carbonyl (C=O) groups excluding carboxylic acids is 2. The summed E-state index contributed by atoms with van der Waals surface area (Å²) in [5, 5.41) is 3.62. The number of ether oxygens (including phenoxy) is 1. The maximum Gasteiger partial charge on any atom is 0.339 e. The van der Waals surface area contributed by atoms with Crippen molar-refractivity contribution in [2.24, 2.45) is 0 Å². The van der Waals surface area contributed by atoms with Gasteiger partial charge in [-0.25, -0.2) is 4.79 Å². The Morgan fingerprint density at radius 3 is 2.29 bits per heavy atom. The Kier molecular flexibility index (Phi) is 6.35. The van der Waals surface area contributed by atoms with Crippen LogP contribution in [-0.2, 0) is 9.53 Å². The van der Waals surface area contributed by atoms with E-state index in [1.54, 1.807) is 18.2 Å². The predicted octanol–water partition coefficient (Wildman–Crippen LogP) is 5.48. The number of hydrogen-bond acceptors (Lipinski definition) is 3. The number of esters is 1. The molecule has 0 heterocycles. The fourth-order valence-corrected chi connectivity index (χ4v) is 2.66. The molecule has 2 aromatic rings. The Bertz CT molecular complexity index is 775. The van der Waals surface area contributed by atoms with Crippen LogP contribution < -0.4 is 5.32 Å². The summed E-state index contributed by atoms with van der Waals surface area (Å²) in [6.45, 7) is 1.43. The molecule has 0 aliphatic rings. The molecule has 126 valence electrons. The largest absolute Gasteiger partial charge is 0.449 e. The molecule has 1 amide bonds. The lowest BCUT2D eigenvalue weighted by Gasteiger charge is -2.14. The summed E-state index contributed by atoms with van der Waals surface area (Å²) in [5.41, 5.74) is 0.468. The van der Waals surface area contributed by atoms with E-state index in [0.717, 1.165) is 0 Å². The fraction of sp³-hybridized carbons (Fsp3) is 0.125. The van der Waals surface area contributed by atoms with Crippen molar-refractivity contribution in [3.8, 4) is 0 Å². The van der Waals surface area contributed by atoms with Gasteiger partial charge in [0.1, 0.15) is 0 Å². The maximum atomic E-state index is 12.1. The number of anilines is 1. The number of benzene rings is 2. The third-order valence-electron chi connectivity index (χ3n) is 2.96. The number of hydrogen-bond donors (Lipinski definition) is 1. The van der Waals surface area contributed by atoms with Crippen molar-refractivity contribution < 1.29 is 14.3 Å². The zero-order chi connectivity index (χ0) is 17.9. The average Bonchev–Trinajstić information content (AvgIpc) is 2.50. The molecule has 2 rings (SSSR count). The van der Waals surface area contributed by atoms with E-state index < -0.39 is 18.0 Å². The van der Waals surface area contributed by atoms with Gasteiger partial charge in [0.25, 0.3) is 5.91 Å². The zero-order valence-corrected chi connectivity index (χ0v) is 15.3. The summed E-state index contributed by atoms with van der Waals surface area (Å²) in [7, 11) is 0. The Labute approximate surface area is 158 Å². The van der Waals surface area contributed by atoms with E-state index in [1.165, 1.54) is 25.1 Å². The van der Waals surface area contributed by atoms with Crippen LogP contribution in [0.4, 0.5) is 5.69 Å². The van der Waals surface area contributed by atoms with Crippen molar-refractivity contribution in [1.82, 2.24) is 0 Å². The van der Waals surface area contributed by atoms with Crippen molar-refractivity contribution in [3.05, 3.63) is 62.1 Å². The normalized spacial score (nSPS) is 11.7. The van der Waals surface area contributed by atoms with Gasteiger partial charge in [-0.15, -0.1) is 0 Å². The van der Waals surface area contributed by atoms with Gasteiger partial charge in [0.15, 0.2) is 6.10 Å². The van der Waals surface area contributed by atoms with Gasteiger partial charge in [-0.3, -0.25) is 4.79 Å². The van der Waals surface area contributed by atoms with Gasteiger partial charge in [0.2, 0.25) is 0 Å². The van der Waals surface area contributed by atoms with E-state index in [4.69, 9.17) is 51.1 Å². The molecule has 0 fully saturated rings. The summed E-state index contributed by atoms with van der Waals surface area (Å²) in [6.07, 6.45) is -1.06. The topological polar surface area (TPSA) is 55.4 Å². The zero-order valence-electron chi connectivity index (χ0n) is 12.3. The molecule has 1 atom stereocenters. The van der Waals surface area contributed by atoms with E-state index in [9.17, 15) is 9.59 Å². The van der Waals surface area contributed by atoms with Crippen LogP contribution in [-0.4, -0.2) is 18.0 Å². The summed E-state index contributed by atoms with van der Waals surface area (Å²) < 4.78 is 5.11. The van der Waals surface area contributed by atoms with Crippen LogP contribution in [0.25, 0.3) is 0 Å². The van der Waals surface area contributed by atoms with Crippen LogP contribution in [0, 0.1) is 0 Å². The molecule has 8 heteroatoms. The first-order valence-electron chi connectivity index (χ1n) is 6.70. The molecular weight excluding hydrogens is 396 g/mol. The van der Waals surface area contributed by atoms with E-state index in [0.29, 0.717) is 10.7 Å². The highest BCUT2D eigenvalue weighted by atomic mass is 35.5. The first-order chi connectivity index (χ1) is 11.3. The second kappa shape index (κ2) is 8.08. The Balaban J connectivity index is 2.05. The van der Waals surface area contributed by atoms with E-state index in [1.807, 2.05) is 0 Å². The first-order valence-corrected chi connectivity index (χ1v) is 8.21. The van der Waals surface area contributed by atoms with Crippen molar-refractivity contribution in [1.29, 1.82) is 0 Å². The quantitative estimate of drug-likeness (QED) is 0.683. The van der Waals surface area contributed by atoms with Gasteiger partial charge in [0, 0.05) is 10.0 Å². The third kappa shape index (κ3) is 4.77. The monoisotopic (exact) mass is 405 g/mol. The molecule has 0 bridgehead atoms. The van der Waals surface area contributed by atoms with E-state index in [2.05, 4.69) is 5.32 Å². The van der Waals surface area contributed by atoms with Gasteiger partial charge in [-0.2, -0.15) is 0 Å². The number of carbonyl (C=O) groups is 2. The molecule has 0 saturated heterocycles. The van der Waals surface area contributed by atoms with Crippen molar-refractivity contribution >= 4 is 64.0 Å². The third-order valence-corrected chi connectivity index (χ3v) is 4.22. The Hall–Kier alpha value is -1.46. The van der Waals surface area contributed by atoms with Gasteiger partial charge < -0.3 is 10.1 Å². The molecule has 0 aromatic heterocycles. The van der Waals surface area contributed by atoms with Crippen LogP contribution >= 0.6 is 46.4 Å². The molecule has 24 heavy (non-hydrogen) atoms. The molecule has 0 spiro atoms. The maximum absolute atomic E-state index is 12.1. The van der Waals surface area contributed by atoms with Crippen LogP contribution in [0.2, 0.25) is 20.1 Å². The van der Waals surface area contributed by atoms with Crippen LogP contribution in [0.15, 0.2) is 36.4 Å². The molecular formula is C16H11Cl4NO3. The van der Waals surface area contributed by atoms with E-state index >= 15 is 0 Å². The Morgan fingerprint density at radius 1 is 1.04 bits per heavy atom. The summed E-state index contributed by atoms with van der Waals surface area (Å²) >= 11 is 23.5. The standard InChI is InChI=1S/C16H11Cl4NO3/c1-8(15(22)21-13-4-2-3-12(19)14(13)20)24-16(23)9-5-10(17)7-11(18)6-9/h2-8H,1H3,(H,21,22)/t8-/m0/s1. The second-order valence-electron chi connectivity index (χ2n) is 4.80. The average molecular weight is 407 g/mol. The lowest BCUT2D eigenvalue weighted by atomic mass is 10.2. The molecule has 1 N–H and O–H groups in total. The minimum absolute atomic E-state index is 0.146. The van der Waals surface area contributed by atoms with Crippen LogP contribution in [0.5, 0.6) is 0 Å². The number of amides is 1. The summed E-state index contributed by atoms with van der Waals surface area (Å²) in [4.78, 5) is 24.2. The van der Waals surface area contributed by atoms with Crippen molar-refractivity contribution in [3.63, 3.8) is 0 Å². The Morgan fingerprint density at radius 2 is 1.67 bits per heavy atom. The molecule has 0 unspecified atom stereocenters. The number of nitrogens with one attached hydrogen (secondary N) is 1. The molecule has 0 saturated carbocycles. The predicted molar refractivity (Wildman–Crippen MR) is 96.4 cm³/mol. The van der Waals surface area contributed by atoms with Gasteiger partial charge >= 0.3 is 5.97 Å². The number of halogens is 4. The molecule has 2 aromatic carbocycles. The summed E-state index contributed by atoms with van der Waals surface area (Å²) in [5.74, 6) is -1.28. The van der Waals surface area contributed by atoms with Gasteiger partial charge in [-0.05, 0) is 37.3 Å². The highest BCUT2D eigenvalue weighted by molar-refractivity contribution is 6.44. The fourth-order valence-electron chi connectivity index (χ4n) is 1.79. The lowest BCUT2D eigenvalue weighted by molar-refractivity contribution is -0.123. The van der Waals surface area contributed by atoms with E-state index in [-0.39, 0.29) is 20.6 Å². The van der Waals surface area contributed by atoms with Gasteiger partial charge in [-0.1, -0.05) is 52.5 Å². The molecule has 0 aliphatic carbocycles. The first kappa shape index (κ1) is 18.9. The molecule has 4 nitrogen and oxygen atoms in total. The number of rotatable bonds is 4. The molecule has 0 aliphatic heterocycles. The smallest absolute Gasteiger partial charge is 0.339 e.